The van der Waals surface area contributed by atoms with Crippen LogP contribution in [0.25, 0.3) is 0 Å². The lowest BCUT2D eigenvalue weighted by Crippen LogP contribution is -2.40. The molecular formula is C18H23N3O. The highest BCUT2D eigenvalue weighted by Gasteiger charge is 2.29. The summed E-state index contributed by atoms with van der Waals surface area (Å²) in [6, 6.07) is 10.9. The Morgan fingerprint density at radius 3 is 2.86 bits per heavy atom. The first kappa shape index (κ1) is 15.0. The first-order valence-corrected chi connectivity index (χ1v) is 7.87. The van der Waals surface area contributed by atoms with E-state index in [-0.39, 0.29) is 0 Å². The fourth-order valence-corrected chi connectivity index (χ4v) is 2.84. The van der Waals surface area contributed by atoms with Gasteiger partial charge in [0.15, 0.2) is 0 Å². The van der Waals surface area contributed by atoms with Crippen LogP contribution in [0.5, 0.6) is 5.75 Å². The van der Waals surface area contributed by atoms with Gasteiger partial charge < -0.3 is 4.74 Å². The van der Waals surface area contributed by atoms with Gasteiger partial charge in [-0.15, -0.1) is 0 Å². The topological polar surface area (TPSA) is 38.2 Å². The molecule has 4 heteroatoms. The van der Waals surface area contributed by atoms with Crippen molar-refractivity contribution in [2.45, 2.75) is 38.8 Å². The molecule has 22 heavy (non-hydrogen) atoms. The first-order valence-electron chi connectivity index (χ1n) is 7.87. The average Bonchev–Trinajstić information content (AvgIpc) is 2.52. The quantitative estimate of drug-likeness (QED) is 0.846. The van der Waals surface area contributed by atoms with Crippen molar-refractivity contribution in [2.24, 2.45) is 0 Å². The second-order valence-electron chi connectivity index (χ2n) is 6.11. The molecule has 0 aliphatic carbocycles. The zero-order valence-electron chi connectivity index (χ0n) is 13.5. The van der Waals surface area contributed by atoms with Crippen molar-refractivity contribution in [3.8, 4) is 5.75 Å². The molecule has 1 atom stereocenters. The van der Waals surface area contributed by atoms with Gasteiger partial charge in [-0.1, -0.05) is 26.0 Å². The van der Waals surface area contributed by atoms with Gasteiger partial charge in [-0.05, 0) is 30.2 Å². The molecule has 4 nitrogen and oxygen atoms in total. The molecule has 1 aliphatic rings. The van der Waals surface area contributed by atoms with Crippen LogP contribution in [0.3, 0.4) is 0 Å². The number of likely N-dealkylation sites (tertiary alicyclic amines) is 1. The summed E-state index contributed by atoms with van der Waals surface area (Å²) in [6.45, 7) is 6.25. The lowest BCUT2D eigenvalue weighted by molar-refractivity contribution is 0.0801. The van der Waals surface area contributed by atoms with E-state index in [2.05, 4.69) is 46.9 Å². The van der Waals surface area contributed by atoms with Crippen molar-refractivity contribution in [3.63, 3.8) is 0 Å². The molecule has 0 bridgehead atoms. The fourth-order valence-electron chi connectivity index (χ4n) is 2.84. The molecule has 0 radical (unpaired) electrons. The van der Waals surface area contributed by atoms with E-state index in [1.807, 2.05) is 18.3 Å². The lowest BCUT2D eigenvalue weighted by Gasteiger charge is -2.41. The van der Waals surface area contributed by atoms with Gasteiger partial charge in [0.25, 0.3) is 0 Å². The van der Waals surface area contributed by atoms with E-state index in [0.717, 1.165) is 30.4 Å². The summed E-state index contributed by atoms with van der Waals surface area (Å²) in [5.41, 5.74) is 2.43. The number of hydrogen-bond donors (Lipinski definition) is 0. The van der Waals surface area contributed by atoms with E-state index in [0.29, 0.717) is 12.0 Å². The zero-order chi connectivity index (χ0) is 15.5. The molecule has 2 aromatic rings. The standard InChI is InChI=1S/C18H23N3O/c1-13(2)18-19-9-7-15(20-18)12-21-10-8-17(21)14-5-4-6-16(11-14)22-3/h4-7,9,11,13,17H,8,10,12H2,1-3H3. The van der Waals surface area contributed by atoms with E-state index in [9.17, 15) is 0 Å². The Bertz CT molecular complexity index is 642. The SMILES string of the molecule is COc1cccc(C2CCN2Cc2ccnc(C(C)C)n2)c1. The van der Waals surface area contributed by atoms with Gasteiger partial charge in [0.1, 0.15) is 11.6 Å². The van der Waals surface area contributed by atoms with Crippen molar-refractivity contribution in [1.82, 2.24) is 14.9 Å². The molecule has 2 heterocycles. The smallest absolute Gasteiger partial charge is 0.131 e. The van der Waals surface area contributed by atoms with Crippen LogP contribution in [0.15, 0.2) is 36.5 Å². The number of ether oxygens (including phenoxy) is 1. The summed E-state index contributed by atoms with van der Waals surface area (Å²) in [7, 11) is 1.71. The van der Waals surface area contributed by atoms with Crippen molar-refractivity contribution in [2.75, 3.05) is 13.7 Å². The molecule has 0 N–H and O–H groups in total. The Kier molecular flexibility index (Phi) is 4.39. The number of methoxy groups -OCH3 is 1. The van der Waals surface area contributed by atoms with Crippen LogP contribution in [0.4, 0.5) is 0 Å². The van der Waals surface area contributed by atoms with Crippen LogP contribution in [0, 0.1) is 0 Å². The normalized spacial score (nSPS) is 18.3. The highest BCUT2D eigenvalue weighted by Crippen LogP contribution is 2.35. The maximum absolute atomic E-state index is 5.33. The van der Waals surface area contributed by atoms with Gasteiger partial charge in [0, 0.05) is 31.2 Å². The maximum Gasteiger partial charge on any atom is 0.131 e. The molecule has 1 aromatic carbocycles. The minimum atomic E-state index is 0.366. The molecule has 1 aliphatic heterocycles. The summed E-state index contributed by atoms with van der Waals surface area (Å²) in [4.78, 5) is 11.5. The maximum atomic E-state index is 5.33. The molecular weight excluding hydrogens is 274 g/mol. The lowest BCUT2D eigenvalue weighted by atomic mass is 9.94. The molecule has 0 spiro atoms. The van der Waals surface area contributed by atoms with Gasteiger partial charge in [0.2, 0.25) is 0 Å². The van der Waals surface area contributed by atoms with E-state index in [4.69, 9.17) is 4.74 Å². The second kappa shape index (κ2) is 6.44. The Balaban J connectivity index is 1.72. The van der Waals surface area contributed by atoms with Crippen LogP contribution in [0.1, 0.15) is 49.3 Å². The summed E-state index contributed by atoms with van der Waals surface area (Å²) >= 11 is 0. The number of hydrogen-bond acceptors (Lipinski definition) is 4. The van der Waals surface area contributed by atoms with Crippen molar-refractivity contribution >= 4 is 0 Å². The molecule has 1 saturated heterocycles. The highest BCUT2D eigenvalue weighted by molar-refractivity contribution is 5.31. The van der Waals surface area contributed by atoms with E-state index in [1.54, 1.807) is 7.11 Å². The largest absolute Gasteiger partial charge is 0.497 e. The number of nitrogens with zero attached hydrogens (tertiary/aromatic N) is 3. The third-order valence-corrected chi connectivity index (χ3v) is 4.22. The van der Waals surface area contributed by atoms with E-state index >= 15 is 0 Å². The minimum absolute atomic E-state index is 0.366. The molecule has 1 unspecified atom stereocenters. The summed E-state index contributed by atoms with van der Waals surface area (Å²) in [5.74, 6) is 2.22. The number of aromatic nitrogens is 2. The second-order valence-corrected chi connectivity index (χ2v) is 6.11. The predicted molar refractivity (Wildman–Crippen MR) is 86.9 cm³/mol. The molecule has 3 rings (SSSR count). The summed E-state index contributed by atoms with van der Waals surface area (Å²) in [5, 5.41) is 0. The van der Waals surface area contributed by atoms with Crippen LogP contribution >= 0.6 is 0 Å². The third kappa shape index (κ3) is 3.12. The highest BCUT2D eigenvalue weighted by atomic mass is 16.5. The van der Waals surface area contributed by atoms with Gasteiger partial charge >= 0.3 is 0 Å². The Morgan fingerprint density at radius 1 is 1.32 bits per heavy atom. The Morgan fingerprint density at radius 2 is 2.18 bits per heavy atom. The predicted octanol–water partition coefficient (Wildman–Crippen LogP) is 3.56. The molecule has 1 fully saturated rings. The van der Waals surface area contributed by atoms with Gasteiger partial charge in [-0.25, -0.2) is 9.97 Å². The van der Waals surface area contributed by atoms with Gasteiger partial charge in [-0.3, -0.25) is 4.90 Å². The van der Waals surface area contributed by atoms with Crippen LogP contribution in [0.2, 0.25) is 0 Å². The summed E-state index contributed by atoms with van der Waals surface area (Å²) < 4.78 is 5.33. The number of benzene rings is 1. The van der Waals surface area contributed by atoms with E-state index < -0.39 is 0 Å². The molecule has 0 amide bonds. The van der Waals surface area contributed by atoms with Crippen molar-refractivity contribution in [1.29, 1.82) is 0 Å². The Labute approximate surface area is 132 Å². The zero-order valence-corrected chi connectivity index (χ0v) is 13.5. The first-order chi connectivity index (χ1) is 10.7. The molecule has 1 aromatic heterocycles. The van der Waals surface area contributed by atoms with E-state index in [1.165, 1.54) is 12.0 Å². The van der Waals surface area contributed by atoms with Crippen LogP contribution in [-0.2, 0) is 6.54 Å². The van der Waals surface area contributed by atoms with Crippen molar-refractivity contribution < 1.29 is 4.74 Å². The molecule has 116 valence electrons. The Hall–Kier alpha value is -1.94. The van der Waals surface area contributed by atoms with Crippen LogP contribution in [-0.4, -0.2) is 28.5 Å². The van der Waals surface area contributed by atoms with Crippen LogP contribution < -0.4 is 4.74 Å². The fraction of sp³-hybridized carbons (Fsp3) is 0.444. The monoisotopic (exact) mass is 297 g/mol. The minimum Gasteiger partial charge on any atom is -0.497 e. The van der Waals surface area contributed by atoms with Crippen molar-refractivity contribution in [3.05, 3.63) is 53.6 Å². The van der Waals surface area contributed by atoms with Gasteiger partial charge in [-0.2, -0.15) is 0 Å². The molecule has 0 saturated carbocycles. The summed E-state index contributed by atoms with van der Waals surface area (Å²) in [6.07, 6.45) is 3.06. The average molecular weight is 297 g/mol. The number of rotatable bonds is 5. The van der Waals surface area contributed by atoms with Gasteiger partial charge in [0.05, 0.1) is 12.8 Å². The third-order valence-electron chi connectivity index (χ3n) is 4.22.